The predicted octanol–water partition coefficient (Wildman–Crippen LogP) is 4.28. The van der Waals surface area contributed by atoms with Gasteiger partial charge in [-0.1, -0.05) is 48.0 Å². The highest BCUT2D eigenvalue weighted by molar-refractivity contribution is 6.33. The Morgan fingerprint density at radius 3 is 2.65 bits per heavy atom. The molecule has 0 aliphatic heterocycles. The summed E-state index contributed by atoms with van der Waals surface area (Å²) < 4.78 is 0. The van der Waals surface area contributed by atoms with Crippen molar-refractivity contribution in [2.45, 2.75) is 25.8 Å². The second-order valence-corrected chi connectivity index (χ2v) is 5.82. The minimum Gasteiger partial charge on any atom is -0.396 e. The summed E-state index contributed by atoms with van der Waals surface area (Å²) >= 11 is 6.10. The average Bonchev–Trinajstić information content (AvgIpc) is 2.55. The smallest absolute Gasteiger partial charge is 0.319 e. The maximum atomic E-state index is 12.3. The zero-order chi connectivity index (χ0) is 16.7. The van der Waals surface area contributed by atoms with E-state index >= 15 is 0 Å². The fraction of sp³-hybridized carbons (Fsp3) is 0.278. The highest BCUT2D eigenvalue weighted by Crippen LogP contribution is 2.23. The lowest BCUT2D eigenvalue weighted by Crippen LogP contribution is -2.32. The molecular formula is C18H21ClN2O2. The number of aryl methyl sites for hydroxylation is 1. The molecule has 2 aromatic rings. The maximum Gasteiger partial charge on any atom is 0.319 e. The Morgan fingerprint density at radius 1 is 1.22 bits per heavy atom. The van der Waals surface area contributed by atoms with E-state index in [1.54, 1.807) is 6.07 Å². The Hall–Kier alpha value is -2.04. The summed E-state index contributed by atoms with van der Waals surface area (Å²) in [4.78, 5) is 12.3. The summed E-state index contributed by atoms with van der Waals surface area (Å²) in [7, 11) is 0. The van der Waals surface area contributed by atoms with Crippen molar-refractivity contribution < 1.29 is 9.90 Å². The molecule has 0 heterocycles. The summed E-state index contributed by atoms with van der Waals surface area (Å²) in [6.45, 7) is 2.03. The Kier molecular flexibility index (Phi) is 6.44. The van der Waals surface area contributed by atoms with Gasteiger partial charge in [0.2, 0.25) is 0 Å². The van der Waals surface area contributed by atoms with Crippen LogP contribution in [0.5, 0.6) is 0 Å². The summed E-state index contributed by atoms with van der Waals surface area (Å²) in [6.07, 6.45) is 1.28. The van der Waals surface area contributed by atoms with Crippen LogP contribution in [0.4, 0.5) is 10.5 Å². The minimum atomic E-state index is -0.315. The molecule has 0 aliphatic rings. The molecule has 1 atom stereocenters. The van der Waals surface area contributed by atoms with Gasteiger partial charge in [0, 0.05) is 6.61 Å². The molecule has 0 spiro atoms. The van der Waals surface area contributed by atoms with E-state index in [-0.39, 0.29) is 18.7 Å². The minimum absolute atomic E-state index is 0.0936. The number of carbonyl (C=O) groups excluding carboxylic acids is 1. The molecule has 23 heavy (non-hydrogen) atoms. The molecule has 0 saturated carbocycles. The SMILES string of the molecule is Cc1ccc(Cl)c(NC(=O)NC(CCCO)c2ccccc2)c1. The number of carbonyl (C=O) groups is 1. The second kappa shape index (κ2) is 8.56. The van der Waals surface area contributed by atoms with Gasteiger partial charge in [-0.2, -0.15) is 0 Å². The first kappa shape index (κ1) is 17.3. The number of hydrogen-bond donors (Lipinski definition) is 3. The molecule has 0 bridgehead atoms. The van der Waals surface area contributed by atoms with Crippen LogP contribution >= 0.6 is 11.6 Å². The van der Waals surface area contributed by atoms with E-state index in [9.17, 15) is 4.79 Å². The molecule has 3 N–H and O–H groups in total. The van der Waals surface area contributed by atoms with Crippen LogP contribution in [0.15, 0.2) is 48.5 Å². The highest BCUT2D eigenvalue weighted by Gasteiger charge is 2.15. The third-order valence-corrected chi connectivity index (χ3v) is 3.86. The number of nitrogens with one attached hydrogen (secondary N) is 2. The first-order valence-electron chi connectivity index (χ1n) is 7.59. The first-order chi connectivity index (χ1) is 11.1. The predicted molar refractivity (Wildman–Crippen MR) is 93.8 cm³/mol. The Balaban J connectivity index is 2.06. The van der Waals surface area contributed by atoms with Crippen LogP contribution < -0.4 is 10.6 Å². The quantitative estimate of drug-likeness (QED) is 0.739. The van der Waals surface area contributed by atoms with Crippen molar-refractivity contribution in [2.24, 2.45) is 0 Å². The van der Waals surface area contributed by atoms with Crippen molar-refractivity contribution in [3.8, 4) is 0 Å². The molecule has 1 unspecified atom stereocenters. The zero-order valence-electron chi connectivity index (χ0n) is 13.1. The van der Waals surface area contributed by atoms with Gasteiger partial charge >= 0.3 is 6.03 Å². The molecule has 122 valence electrons. The van der Waals surface area contributed by atoms with Crippen molar-refractivity contribution in [3.05, 3.63) is 64.7 Å². The second-order valence-electron chi connectivity index (χ2n) is 5.41. The van der Waals surface area contributed by atoms with E-state index in [0.717, 1.165) is 11.1 Å². The average molecular weight is 333 g/mol. The number of benzene rings is 2. The Morgan fingerprint density at radius 2 is 1.96 bits per heavy atom. The molecule has 0 aromatic heterocycles. The number of rotatable bonds is 6. The molecule has 5 heteroatoms. The van der Waals surface area contributed by atoms with Crippen molar-refractivity contribution in [1.29, 1.82) is 0 Å². The number of halogens is 1. The van der Waals surface area contributed by atoms with Crippen molar-refractivity contribution >= 4 is 23.3 Å². The monoisotopic (exact) mass is 332 g/mol. The lowest BCUT2D eigenvalue weighted by Gasteiger charge is -2.19. The third kappa shape index (κ3) is 5.27. The van der Waals surface area contributed by atoms with Gasteiger partial charge in [0.1, 0.15) is 0 Å². The van der Waals surface area contributed by atoms with E-state index in [2.05, 4.69) is 10.6 Å². The highest BCUT2D eigenvalue weighted by atomic mass is 35.5. The van der Waals surface area contributed by atoms with Gasteiger partial charge in [-0.25, -0.2) is 4.79 Å². The van der Waals surface area contributed by atoms with E-state index in [1.807, 2.05) is 49.4 Å². The lowest BCUT2D eigenvalue weighted by molar-refractivity contribution is 0.244. The number of anilines is 1. The van der Waals surface area contributed by atoms with E-state index < -0.39 is 0 Å². The van der Waals surface area contributed by atoms with Crippen LogP contribution in [-0.4, -0.2) is 17.7 Å². The van der Waals surface area contributed by atoms with E-state index in [1.165, 1.54) is 0 Å². The molecule has 0 radical (unpaired) electrons. The number of amides is 2. The standard InChI is InChI=1S/C18H21ClN2O2/c1-13-9-10-15(19)17(12-13)21-18(23)20-16(8-5-11-22)14-6-3-2-4-7-14/h2-4,6-7,9-10,12,16,22H,5,8,11H2,1H3,(H2,20,21,23). The van der Waals surface area contributed by atoms with Crippen LogP contribution in [0, 0.1) is 6.92 Å². The number of aliphatic hydroxyl groups excluding tert-OH is 1. The fourth-order valence-electron chi connectivity index (χ4n) is 2.35. The number of hydrogen-bond acceptors (Lipinski definition) is 2. The molecule has 4 nitrogen and oxygen atoms in total. The maximum absolute atomic E-state index is 12.3. The summed E-state index contributed by atoms with van der Waals surface area (Å²) in [5.74, 6) is 0. The molecule has 2 amide bonds. The van der Waals surface area contributed by atoms with Crippen molar-refractivity contribution in [3.63, 3.8) is 0 Å². The molecule has 0 fully saturated rings. The topological polar surface area (TPSA) is 61.4 Å². The summed E-state index contributed by atoms with van der Waals surface area (Å²) in [6, 6.07) is 14.7. The van der Waals surface area contributed by atoms with Crippen molar-refractivity contribution in [2.75, 3.05) is 11.9 Å². The molecule has 0 aliphatic carbocycles. The van der Waals surface area contributed by atoms with Gasteiger partial charge in [0.05, 0.1) is 16.8 Å². The lowest BCUT2D eigenvalue weighted by atomic mass is 10.0. The van der Waals surface area contributed by atoms with Gasteiger partial charge in [-0.15, -0.1) is 0 Å². The van der Waals surface area contributed by atoms with Gasteiger partial charge in [-0.3, -0.25) is 0 Å². The number of urea groups is 1. The molecular weight excluding hydrogens is 312 g/mol. The first-order valence-corrected chi connectivity index (χ1v) is 7.97. The molecule has 2 aromatic carbocycles. The summed E-state index contributed by atoms with van der Waals surface area (Å²) in [5, 5.41) is 15.3. The van der Waals surface area contributed by atoms with Gasteiger partial charge in [0.15, 0.2) is 0 Å². The van der Waals surface area contributed by atoms with Crippen LogP contribution in [0.2, 0.25) is 5.02 Å². The Labute approximate surface area is 141 Å². The van der Waals surface area contributed by atoms with Crippen LogP contribution in [0.25, 0.3) is 0 Å². The van der Waals surface area contributed by atoms with Gasteiger partial charge in [-0.05, 0) is 43.0 Å². The zero-order valence-corrected chi connectivity index (χ0v) is 13.8. The van der Waals surface area contributed by atoms with Crippen molar-refractivity contribution in [1.82, 2.24) is 5.32 Å². The molecule has 2 rings (SSSR count). The van der Waals surface area contributed by atoms with Crippen LogP contribution in [0.1, 0.15) is 30.0 Å². The Bertz CT molecular complexity index is 647. The number of aliphatic hydroxyl groups is 1. The fourth-order valence-corrected chi connectivity index (χ4v) is 2.52. The van der Waals surface area contributed by atoms with E-state index in [0.29, 0.717) is 23.6 Å². The summed E-state index contributed by atoms with van der Waals surface area (Å²) in [5.41, 5.74) is 2.61. The van der Waals surface area contributed by atoms with Crippen LogP contribution in [-0.2, 0) is 0 Å². The normalized spacial score (nSPS) is 11.8. The largest absolute Gasteiger partial charge is 0.396 e. The molecule has 0 saturated heterocycles. The van der Waals surface area contributed by atoms with Gasteiger partial charge < -0.3 is 15.7 Å². The third-order valence-electron chi connectivity index (χ3n) is 3.53. The van der Waals surface area contributed by atoms with Gasteiger partial charge in [0.25, 0.3) is 0 Å². The van der Waals surface area contributed by atoms with E-state index in [4.69, 9.17) is 16.7 Å². The van der Waals surface area contributed by atoms with Crippen LogP contribution in [0.3, 0.4) is 0 Å².